The standard InChI is InChI=1S/C29H37N5O4SSi/c1-17-8-10-19(11-9-17)39(36,37)33-13-12-21-28(33)30-16-22-31-32-27(34(21)22)20-14-18(15-23(35)38-29(2,3)4)24-25(20)26(24)40(5,6)7/h8-13,16,18,20,24-26H,14-15H2,1-7H3/t18-,20-,24-,25+,26?/m0/s1. The first-order chi connectivity index (χ1) is 18.7. The molecule has 2 saturated carbocycles. The van der Waals surface area contributed by atoms with E-state index in [4.69, 9.17) is 4.74 Å². The van der Waals surface area contributed by atoms with Crippen LogP contribution in [0.4, 0.5) is 0 Å². The molecule has 3 aromatic heterocycles. The molecule has 2 fully saturated rings. The van der Waals surface area contributed by atoms with Gasteiger partial charge in [0.15, 0.2) is 11.3 Å². The maximum Gasteiger partial charge on any atom is 0.306 e. The number of fused-ring (bicyclic) bond motifs is 4. The molecule has 0 spiro atoms. The SMILES string of the molecule is Cc1ccc(S(=O)(=O)n2ccc3c2ncc2nnc([C@H]4C[C@@H](CC(=O)OC(C)(C)C)[C@@H]5C([Si](C)(C)C)[C@@H]54)n23)cc1. The normalized spacial score (nSPS) is 24.9. The lowest BCUT2D eigenvalue weighted by molar-refractivity contribution is -0.156. The minimum Gasteiger partial charge on any atom is -0.460 e. The summed E-state index contributed by atoms with van der Waals surface area (Å²) >= 11 is 0. The topological polar surface area (TPSA) is 108 Å². The van der Waals surface area contributed by atoms with E-state index in [1.165, 1.54) is 3.97 Å². The molecule has 0 radical (unpaired) electrons. The number of ether oxygens (including phenoxy) is 1. The van der Waals surface area contributed by atoms with E-state index in [1.807, 2.05) is 32.1 Å². The predicted octanol–water partition coefficient (Wildman–Crippen LogP) is 5.41. The molecular weight excluding hydrogens is 543 g/mol. The van der Waals surface area contributed by atoms with E-state index in [-0.39, 0.29) is 22.7 Å². The van der Waals surface area contributed by atoms with Gasteiger partial charge in [0.25, 0.3) is 10.0 Å². The van der Waals surface area contributed by atoms with Crippen molar-refractivity contribution in [2.45, 2.75) is 82.1 Å². The molecule has 1 aromatic carbocycles. The Kier molecular flexibility index (Phi) is 6.09. The Balaban J connectivity index is 1.40. The van der Waals surface area contributed by atoms with Gasteiger partial charge in [0.1, 0.15) is 11.4 Å². The van der Waals surface area contributed by atoms with Crippen LogP contribution in [0.25, 0.3) is 16.8 Å². The smallest absolute Gasteiger partial charge is 0.306 e. The van der Waals surface area contributed by atoms with Gasteiger partial charge in [0.05, 0.1) is 16.6 Å². The van der Waals surface area contributed by atoms with Crippen LogP contribution in [0.1, 0.15) is 50.9 Å². The lowest BCUT2D eigenvalue weighted by Gasteiger charge is -2.26. The van der Waals surface area contributed by atoms with E-state index in [0.29, 0.717) is 40.6 Å². The van der Waals surface area contributed by atoms with Gasteiger partial charge in [-0.3, -0.25) is 9.20 Å². The molecule has 4 aromatic rings. The number of aromatic nitrogens is 5. The van der Waals surface area contributed by atoms with Crippen LogP contribution in [0.15, 0.2) is 47.6 Å². The summed E-state index contributed by atoms with van der Waals surface area (Å²) in [5, 5.41) is 9.09. The van der Waals surface area contributed by atoms with Crippen LogP contribution in [0.3, 0.4) is 0 Å². The second-order valence-electron chi connectivity index (χ2n) is 13.6. The van der Waals surface area contributed by atoms with Crippen molar-refractivity contribution in [2.24, 2.45) is 17.8 Å². The number of carbonyl (C=O) groups is 1. The Morgan fingerprint density at radius 2 is 1.77 bits per heavy atom. The van der Waals surface area contributed by atoms with Gasteiger partial charge < -0.3 is 4.74 Å². The molecule has 1 unspecified atom stereocenters. The number of benzene rings is 1. The molecule has 3 heterocycles. The summed E-state index contributed by atoms with van der Waals surface area (Å²) in [5.74, 6) is 1.96. The molecule has 11 heteroatoms. The van der Waals surface area contributed by atoms with E-state index in [0.717, 1.165) is 17.8 Å². The molecule has 6 rings (SSSR count). The van der Waals surface area contributed by atoms with Crippen LogP contribution in [-0.4, -0.2) is 51.6 Å². The van der Waals surface area contributed by atoms with Gasteiger partial charge in [-0.2, -0.15) is 0 Å². The van der Waals surface area contributed by atoms with E-state index in [2.05, 4.69) is 34.8 Å². The predicted molar refractivity (Wildman–Crippen MR) is 155 cm³/mol. The molecule has 212 valence electrons. The van der Waals surface area contributed by atoms with Gasteiger partial charge in [-0.25, -0.2) is 17.4 Å². The third-order valence-electron chi connectivity index (χ3n) is 8.52. The molecule has 5 atom stereocenters. The summed E-state index contributed by atoms with van der Waals surface area (Å²) in [5.41, 5.74) is 2.66. The van der Waals surface area contributed by atoms with Crippen LogP contribution in [-0.2, 0) is 19.6 Å². The number of hydrogen-bond donors (Lipinski definition) is 0. The fourth-order valence-electron chi connectivity index (χ4n) is 7.08. The van der Waals surface area contributed by atoms with Crippen molar-refractivity contribution in [1.82, 2.24) is 23.6 Å². The Labute approximate surface area is 236 Å². The van der Waals surface area contributed by atoms with Crippen LogP contribution in [0.5, 0.6) is 0 Å². The lowest BCUT2D eigenvalue weighted by Crippen LogP contribution is -2.28. The molecule has 40 heavy (non-hydrogen) atoms. The van der Waals surface area contributed by atoms with Crippen LogP contribution in [0.2, 0.25) is 25.2 Å². The van der Waals surface area contributed by atoms with Crippen molar-refractivity contribution in [3.8, 4) is 0 Å². The number of rotatable bonds is 6. The number of carbonyl (C=O) groups excluding carboxylic acids is 1. The number of aryl methyl sites for hydroxylation is 1. The Hall–Kier alpha value is -3.05. The molecule has 0 N–H and O–H groups in total. The molecule has 2 aliphatic carbocycles. The first-order valence-corrected chi connectivity index (χ1v) is 18.9. The zero-order valence-corrected chi connectivity index (χ0v) is 25.9. The zero-order chi connectivity index (χ0) is 28.8. The van der Waals surface area contributed by atoms with Crippen molar-refractivity contribution in [2.75, 3.05) is 0 Å². The molecule has 2 aliphatic rings. The Bertz CT molecular complexity index is 1730. The van der Waals surface area contributed by atoms with Gasteiger partial charge in [0, 0.05) is 26.6 Å². The number of hydrogen-bond acceptors (Lipinski definition) is 7. The summed E-state index contributed by atoms with van der Waals surface area (Å²) in [6.45, 7) is 14.8. The zero-order valence-electron chi connectivity index (χ0n) is 24.1. The van der Waals surface area contributed by atoms with E-state index < -0.39 is 23.7 Å². The maximum atomic E-state index is 13.5. The molecule has 0 saturated heterocycles. The summed E-state index contributed by atoms with van der Waals surface area (Å²) in [4.78, 5) is 17.5. The fraction of sp³-hybridized carbons (Fsp3) is 0.517. The summed E-state index contributed by atoms with van der Waals surface area (Å²) in [6.07, 6.45) is 4.39. The Morgan fingerprint density at radius 1 is 1.07 bits per heavy atom. The Morgan fingerprint density at radius 3 is 2.42 bits per heavy atom. The highest BCUT2D eigenvalue weighted by atomic mass is 32.2. The van der Waals surface area contributed by atoms with Crippen molar-refractivity contribution in [3.05, 3.63) is 54.1 Å². The van der Waals surface area contributed by atoms with Gasteiger partial charge >= 0.3 is 5.97 Å². The summed E-state index contributed by atoms with van der Waals surface area (Å²) < 4.78 is 36.0. The van der Waals surface area contributed by atoms with Gasteiger partial charge in [-0.15, -0.1) is 10.2 Å². The molecule has 9 nitrogen and oxygen atoms in total. The highest BCUT2D eigenvalue weighted by Gasteiger charge is 2.67. The molecular formula is C29H37N5O4SSi. The van der Waals surface area contributed by atoms with Gasteiger partial charge in [-0.1, -0.05) is 37.3 Å². The maximum absolute atomic E-state index is 13.5. The van der Waals surface area contributed by atoms with Crippen LogP contribution in [0, 0.1) is 24.7 Å². The third kappa shape index (κ3) is 4.47. The van der Waals surface area contributed by atoms with Crippen LogP contribution >= 0.6 is 0 Å². The van der Waals surface area contributed by atoms with Crippen molar-refractivity contribution >= 4 is 40.9 Å². The number of nitrogens with zero attached hydrogens (tertiary/aromatic N) is 5. The summed E-state index contributed by atoms with van der Waals surface area (Å²) in [7, 11) is -5.34. The fourth-order valence-corrected chi connectivity index (χ4v) is 11.5. The quantitative estimate of drug-likeness (QED) is 0.222. The average molecular weight is 580 g/mol. The van der Waals surface area contributed by atoms with Gasteiger partial charge in [-0.05, 0) is 75.6 Å². The second kappa shape index (κ2) is 8.97. The minimum absolute atomic E-state index is 0.131. The molecule has 0 bridgehead atoms. The highest BCUT2D eigenvalue weighted by Crippen LogP contribution is 2.73. The monoisotopic (exact) mass is 579 g/mol. The third-order valence-corrected chi connectivity index (χ3v) is 13.0. The minimum atomic E-state index is -3.84. The second-order valence-corrected chi connectivity index (χ2v) is 20.8. The van der Waals surface area contributed by atoms with E-state index in [9.17, 15) is 13.2 Å². The van der Waals surface area contributed by atoms with Crippen LogP contribution < -0.4 is 0 Å². The van der Waals surface area contributed by atoms with E-state index in [1.54, 1.807) is 42.7 Å². The number of esters is 1. The van der Waals surface area contributed by atoms with Crippen molar-refractivity contribution in [3.63, 3.8) is 0 Å². The largest absolute Gasteiger partial charge is 0.460 e. The highest BCUT2D eigenvalue weighted by molar-refractivity contribution is 7.90. The first-order valence-electron chi connectivity index (χ1n) is 13.9. The van der Waals surface area contributed by atoms with Crippen molar-refractivity contribution < 1.29 is 17.9 Å². The van der Waals surface area contributed by atoms with E-state index >= 15 is 0 Å². The molecule has 0 aliphatic heterocycles. The molecule has 0 amide bonds. The van der Waals surface area contributed by atoms with Gasteiger partial charge in [0.2, 0.25) is 0 Å². The first kappa shape index (κ1) is 27.1. The lowest BCUT2D eigenvalue weighted by atomic mass is 9.94. The summed E-state index contributed by atoms with van der Waals surface area (Å²) in [6, 6.07) is 8.59. The van der Waals surface area contributed by atoms with Crippen molar-refractivity contribution in [1.29, 1.82) is 0 Å². The average Bonchev–Trinajstić information content (AvgIpc) is 3.10.